The number of anilines is 2. The SMILES string of the molecule is NS(=O)(=O)c1cc(Nc2ccc(I)cc2)c(-c2n[nH]c(=O)s2)cc1F. The predicted octanol–water partition coefficient (Wildman–Crippen LogP) is 2.63. The zero-order valence-electron chi connectivity index (χ0n) is 12.3. The number of rotatable bonds is 4. The highest BCUT2D eigenvalue weighted by Gasteiger charge is 2.20. The third-order valence-electron chi connectivity index (χ3n) is 3.17. The van der Waals surface area contributed by atoms with Crippen LogP contribution in [0.25, 0.3) is 10.6 Å². The Labute approximate surface area is 159 Å². The van der Waals surface area contributed by atoms with E-state index >= 15 is 0 Å². The summed E-state index contributed by atoms with van der Waals surface area (Å²) in [6, 6.07) is 9.32. The summed E-state index contributed by atoms with van der Waals surface area (Å²) >= 11 is 2.93. The van der Waals surface area contributed by atoms with E-state index in [-0.39, 0.29) is 16.3 Å². The summed E-state index contributed by atoms with van der Waals surface area (Å²) in [6.45, 7) is 0. The average Bonchev–Trinajstić information content (AvgIpc) is 2.96. The van der Waals surface area contributed by atoms with Crippen LogP contribution in [0.4, 0.5) is 15.8 Å². The molecule has 1 aromatic heterocycles. The molecule has 0 aliphatic rings. The summed E-state index contributed by atoms with van der Waals surface area (Å²) in [5.74, 6) is -1.02. The highest BCUT2D eigenvalue weighted by Crippen LogP contribution is 2.34. The summed E-state index contributed by atoms with van der Waals surface area (Å²) in [6.07, 6.45) is 0. The van der Waals surface area contributed by atoms with Crippen molar-refractivity contribution in [2.45, 2.75) is 4.90 Å². The highest BCUT2D eigenvalue weighted by atomic mass is 127. The summed E-state index contributed by atoms with van der Waals surface area (Å²) in [4.78, 5) is 10.3. The number of aromatic amines is 1. The number of halogens is 2. The van der Waals surface area contributed by atoms with Gasteiger partial charge in [0.2, 0.25) is 10.0 Å². The fourth-order valence-corrected chi connectivity index (χ4v) is 3.70. The third kappa shape index (κ3) is 4.05. The minimum absolute atomic E-state index is 0.220. The molecule has 0 bridgehead atoms. The molecule has 0 aliphatic heterocycles. The van der Waals surface area contributed by atoms with E-state index in [2.05, 4.69) is 38.1 Å². The summed E-state index contributed by atoms with van der Waals surface area (Å²) < 4.78 is 38.4. The molecule has 0 radical (unpaired) electrons. The molecular weight excluding hydrogens is 482 g/mol. The van der Waals surface area contributed by atoms with Gasteiger partial charge in [-0.15, -0.1) is 0 Å². The Bertz CT molecular complexity index is 1090. The molecular formula is C14H10FIN4O3S2. The van der Waals surface area contributed by atoms with Gasteiger partial charge in [0.1, 0.15) is 10.7 Å². The fraction of sp³-hybridized carbons (Fsp3) is 0. The van der Waals surface area contributed by atoms with Crippen molar-refractivity contribution in [1.82, 2.24) is 10.2 Å². The molecule has 4 N–H and O–H groups in total. The van der Waals surface area contributed by atoms with E-state index in [0.717, 1.165) is 27.0 Å². The fourth-order valence-electron chi connectivity index (χ4n) is 2.09. The molecule has 0 fully saturated rings. The van der Waals surface area contributed by atoms with Gasteiger partial charge >= 0.3 is 4.87 Å². The van der Waals surface area contributed by atoms with Gasteiger partial charge in [0.25, 0.3) is 0 Å². The number of aromatic nitrogens is 2. The van der Waals surface area contributed by atoms with Crippen LogP contribution < -0.4 is 15.3 Å². The van der Waals surface area contributed by atoms with Crippen molar-refractivity contribution in [2.75, 3.05) is 5.32 Å². The monoisotopic (exact) mass is 492 g/mol. The lowest BCUT2D eigenvalue weighted by Gasteiger charge is -2.13. The van der Waals surface area contributed by atoms with Crippen molar-refractivity contribution in [3.05, 3.63) is 55.5 Å². The highest BCUT2D eigenvalue weighted by molar-refractivity contribution is 14.1. The van der Waals surface area contributed by atoms with Crippen LogP contribution in [0.2, 0.25) is 0 Å². The normalized spacial score (nSPS) is 11.5. The molecule has 0 amide bonds. The number of benzene rings is 2. The Morgan fingerprint density at radius 1 is 1.24 bits per heavy atom. The Balaban J connectivity index is 2.18. The van der Waals surface area contributed by atoms with Gasteiger partial charge in [0.15, 0.2) is 5.01 Å². The Hall–Kier alpha value is -1.83. The van der Waals surface area contributed by atoms with Gasteiger partial charge in [-0.2, -0.15) is 5.10 Å². The molecule has 1 heterocycles. The lowest BCUT2D eigenvalue weighted by molar-refractivity contribution is 0.568. The van der Waals surface area contributed by atoms with Gasteiger partial charge in [0.05, 0.1) is 5.69 Å². The van der Waals surface area contributed by atoms with Crippen molar-refractivity contribution < 1.29 is 12.8 Å². The number of primary sulfonamides is 1. The van der Waals surface area contributed by atoms with Crippen LogP contribution in [0, 0.1) is 9.39 Å². The predicted molar refractivity (Wildman–Crippen MR) is 102 cm³/mol. The van der Waals surface area contributed by atoms with Crippen LogP contribution in [0.5, 0.6) is 0 Å². The van der Waals surface area contributed by atoms with E-state index in [0.29, 0.717) is 5.69 Å². The van der Waals surface area contributed by atoms with Crippen molar-refractivity contribution in [3.63, 3.8) is 0 Å². The summed E-state index contributed by atoms with van der Waals surface area (Å²) in [7, 11) is -4.25. The maximum absolute atomic E-state index is 14.2. The zero-order chi connectivity index (χ0) is 18.2. The first-order chi connectivity index (χ1) is 11.7. The van der Waals surface area contributed by atoms with Crippen LogP contribution in [0.1, 0.15) is 0 Å². The molecule has 3 rings (SSSR count). The number of hydrogen-bond donors (Lipinski definition) is 3. The lowest BCUT2D eigenvalue weighted by Crippen LogP contribution is -2.14. The molecule has 0 saturated heterocycles. The minimum atomic E-state index is -4.25. The van der Waals surface area contributed by atoms with Crippen molar-refractivity contribution in [1.29, 1.82) is 0 Å². The zero-order valence-corrected chi connectivity index (χ0v) is 16.1. The second kappa shape index (κ2) is 6.82. The average molecular weight is 492 g/mol. The van der Waals surface area contributed by atoms with Crippen molar-refractivity contribution in [3.8, 4) is 10.6 Å². The molecule has 0 saturated carbocycles. The van der Waals surface area contributed by atoms with E-state index in [4.69, 9.17) is 5.14 Å². The second-order valence-corrected chi connectivity index (χ2v) is 8.66. The van der Waals surface area contributed by atoms with Crippen LogP contribution in [0.3, 0.4) is 0 Å². The Morgan fingerprint density at radius 3 is 2.48 bits per heavy atom. The smallest absolute Gasteiger partial charge is 0.322 e. The van der Waals surface area contributed by atoms with Crippen LogP contribution in [-0.2, 0) is 10.0 Å². The Kier molecular flexibility index (Phi) is 4.90. The van der Waals surface area contributed by atoms with Crippen LogP contribution >= 0.6 is 33.9 Å². The van der Waals surface area contributed by atoms with Gasteiger partial charge < -0.3 is 5.32 Å². The molecule has 3 aromatic rings. The molecule has 130 valence electrons. The Morgan fingerprint density at radius 2 is 1.92 bits per heavy atom. The maximum Gasteiger partial charge on any atom is 0.322 e. The summed E-state index contributed by atoms with van der Waals surface area (Å²) in [5, 5.41) is 14.4. The van der Waals surface area contributed by atoms with Gasteiger partial charge in [-0.3, -0.25) is 4.79 Å². The molecule has 7 nitrogen and oxygen atoms in total. The van der Waals surface area contributed by atoms with E-state index in [1.165, 1.54) is 0 Å². The molecule has 0 atom stereocenters. The van der Waals surface area contributed by atoms with Gasteiger partial charge in [-0.05, 0) is 59.0 Å². The molecule has 2 aromatic carbocycles. The first-order valence-corrected chi connectivity index (χ1v) is 10.1. The standard InChI is InChI=1S/C14H10FIN4O3S2/c15-10-5-9(13-19-20-14(21)24-13)11(6-12(10)25(17,22)23)18-8-3-1-7(16)2-4-8/h1-6,18H,(H,20,21)(H2,17,22,23). The number of nitrogens with zero attached hydrogens (tertiary/aromatic N) is 1. The second-order valence-electron chi connectivity index (χ2n) is 4.92. The first kappa shape index (κ1) is 18.0. The van der Waals surface area contributed by atoms with Crippen molar-refractivity contribution in [2.24, 2.45) is 5.14 Å². The third-order valence-corrected chi connectivity index (χ3v) is 5.60. The largest absolute Gasteiger partial charge is 0.355 e. The van der Waals surface area contributed by atoms with Gasteiger partial charge in [-0.1, -0.05) is 11.3 Å². The van der Waals surface area contributed by atoms with E-state index < -0.39 is 25.6 Å². The van der Waals surface area contributed by atoms with Gasteiger partial charge in [0, 0.05) is 14.8 Å². The van der Waals surface area contributed by atoms with Gasteiger partial charge in [-0.25, -0.2) is 23.0 Å². The molecule has 0 spiro atoms. The van der Waals surface area contributed by atoms with Crippen LogP contribution in [0.15, 0.2) is 46.1 Å². The number of H-pyrrole nitrogens is 1. The van der Waals surface area contributed by atoms with E-state index in [1.807, 2.05) is 12.1 Å². The van der Waals surface area contributed by atoms with Crippen molar-refractivity contribution >= 4 is 55.3 Å². The number of nitrogens with one attached hydrogen (secondary N) is 2. The number of hydrogen-bond acceptors (Lipinski definition) is 6. The lowest BCUT2D eigenvalue weighted by atomic mass is 10.1. The maximum atomic E-state index is 14.2. The molecule has 0 unspecified atom stereocenters. The quantitative estimate of drug-likeness (QED) is 0.484. The first-order valence-electron chi connectivity index (χ1n) is 6.69. The molecule has 25 heavy (non-hydrogen) atoms. The number of sulfonamides is 1. The molecule has 0 aliphatic carbocycles. The van der Waals surface area contributed by atoms with E-state index in [9.17, 15) is 17.6 Å². The minimum Gasteiger partial charge on any atom is -0.355 e. The number of nitrogens with two attached hydrogens (primary N) is 1. The molecule has 11 heteroatoms. The summed E-state index contributed by atoms with van der Waals surface area (Å²) in [5.41, 5.74) is 1.15. The van der Waals surface area contributed by atoms with Crippen LogP contribution in [-0.4, -0.2) is 18.6 Å². The van der Waals surface area contributed by atoms with E-state index in [1.54, 1.807) is 12.1 Å². The topological polar surface area (TPSA) is 118 Å².